The summed E-state index contributed by atoms with van der Waals surface area (Å²) in [5.74, 6) is 0. The Kier molecular flexibility index (Phi) is 1.59. The van der Waals surface area contributed by atoms with Gasteiger partial charge in [0.2, 0.25) is 0 Å². The molecule has 0 saturated carbocycles. The number of nitrogens with zero attached hydrogens (tertiary/aromatic N) is 2. The van der Waals surface area contributed by atoms with Crippen LogP contribution in [0.1, 0.15) is 18.7 Å². The molecular weight excluding hydrogens is 150 g/mol. The number of fused-ring (bicyclic) bond motifs is 1. The molecule has 0 fully saturated rings. The predicted molar refractivity (Wildman–Crippen MR) is 47.8 cm³/mol. The second kappa shape index (κ2) is 2.60. The van der Waals surface area contributed by atoms with Crippen molar-refractivity contribution < 1.29 is 0 Å². The number of hydrogen-bond acceptors (Lipinski definition) is 2. The van der Waals surface area contributed by atoms with Crippen molar-refractivity contribution in [2.24, 2.45) is 5.73 Å². The standard InChI is InChI=1S/C9H11N3/c1-7(10)9-4-2-3-8-5-6-11-12(8)9/h2-7H,10H2,1H3. The number of nitrogens with two attached hydrogens (primary N) is 1. The lowest BCUT2D eigenvalue weighted by Gasteiger charge is -2.07. The zero-order chi connectivity index (χ0) is 8.55. The molecule has 2 aromatic heterocycles. The largest absolute Gasteiger partial charge is 0.323 e. The molecule has 0 aliphatic carbocycles. The van der Waals surface area contributed by atoms with Crippen LogP contribution >= 0.6 is 0 Å². The fourth-order valence-electron chi connectivity index (χ4n) is 1.32. The molecule has 3 nitrogen and oxygen atoms in total. The van der Waals surface area contributed by atoms with Gasteiger partial charge in [0.05, 0.1) is 11.2 Å². The van der Waals surface area contributed by atoms with Crippen LogP contribution < -0.4 is 5.73 Å². The van der Waals surface area contributed by atoms with Crippen molar-refractivity contribution in [3.8, 4) is 0 Å². The van der Waals surface area contributed by atoms with E-state index in [1.807, 2.05) is 35.7 Å². The summed E-state index contributed by atoms with van der Waals surface area (Å²) >= 11 is 0. The van der Waals surface area contributed by atoms with Gasteiger partial charge in [-0.2, -0.15) is 5.10 Å². The van der Waals surface area contributed by atoms with Crippen LogP contribution in [-0.4, -0.2) is 9.61 Å². The van der Waals surface area contributed by atoms with E-state index < -0.39 is 0 Å². The van der Waals surface area contributed by atoms with Crippen molar-refractivity contribution in [3.63, 3.8) is 0 Å². The number of hydrogen-bond donors (Lipinski definition) is 1. The van der Waals surface area contributed by atoms with Crippen LogP contribution in [0, 0.1) is 0 Å². The normalized spacial score (nSPS) is 13.5. The molecule has 1 atom stereocenters. The molecule has 12 heavy (non-hydrogen) atoms. The fraction of sp³-hybridized carbons (Fsp3) is 0.222. The van der Waals surface area contributed by atoms with Gasteiger partial charge in [0.25, 0.3) is 0 Å². The summed E-state index contributed by atoms with van der Waals surface area (Å²) in [4.78, 5) is 0. The van der Waals surface area contributed by atoms with E-state index in [4.69, 9.17) is 5.73 Å². The molecule has 0 aliphatic heterocycles. The van der Waals surface area contributed by atoms with E-state index in [2.05, 4.69) is 5.10 Å². The van der Waals surface area contributed by atoms with E-state index >= 15 is 0 Å². The van der Waals surface area contributed by atoms with Crippen LogP contribution in [0.5, 0.6) is 0 Å². The van der Waals surface area contributed by atoms with Crippen LogP contribution in [0.3, 0.4) is 0 Å². The van der Waals surface area contributed by atoms with E-state index in [-0.39, 0.29) is 6.04 Å². The van der Waals surface area contributed by atoms with Gasteiger partial charge in [-0.05, 0) is 25.1 Å². The number of pyridine rings is 1. The monoisotopic (exact) mass is 161 g/mol. The maximum atomic E-state index is 5.78. The van der Waals surface area contributed by atoms with Crippen molar-refractivity contribution in [1.82, 2.24) is 9.61 Å². The Morgan fingerprint density at radius 3 is 3.00 bits per heavy atom. The van der Waals surface area contributed by atoms with Crippen LogP contribution in [0.15, 0.2) is 30.5 Å². The molecule has 1 unspecified atom stereocenters. The van der Waals surface area contributed by atoms with Gasteiger partial charge in [0, 0.05) is 12.2 Å². The maximum Gasteiger partial charge on any atom is 0.0665 e. The SMILES string of the molecule is CC(N)c1cccc2ccnn12. The second-order valence-corrected chi connectivity index (χ2v) is 2.91. The molecule has 2 rings (SSSR count). The third-order valence-electron chi connectivity index (χ3n) is 1.92. The molecule has 3 heteroatoms. The Labute approximate surface area is 70.8 Å². The van der Waals surface area contributed by atoms with Crippen LogP contribution in [0.25, 0.3) is 5.52 Å². The van der Waals surface area contributed by atoms with Gasteiger partial charge in [-0.15, -0.1) is 0 Å². The van der Waals surface area contributed by atoms with Crippen LogP contribution in [0.4, 0.5) is 0 Å². The molecule has 2 N–H and O–H groups in total. The first kappa shape index (κ1) is 7.31. The number of rotatable bonds is 1. The summed E-state index contributed by atoms with van der Waals surface area (Å²) in [6, 6.07) is 7.99. The van der Waals surface area contributed by atoms with E-state index in [0.29, 0.717) is 0 Å². The van der Waals surface area contributed by atoms with Crippen molar-refractivity contribution in [2.75, 3.05) is 0 Å². The van der Waals surface area contributed by atoms with E-state index in [0.717, 1.165) is 11.2 Å². The van der Waals surface area contributed by atoms with Crippen molar-refractivity contribution in [2.45, 2.75) is 13.0 Å². The average molecular weight is 161 g/mol. The van der Waals surface area contributed by atoms with Gasteiger partial charge in [-0.25, -0.2) is 4.52 Å². The highest BCUT2D eigenvalue weighted by atomic mass is 15.2. The summed E-state index contributed by atoms with van der Waals surface area (Å²) in [7, 11) is 0. The van der Waals surface area contributed by atoms with Gasteiger partial charge in [-0.1, -0.05) is 6.07 Å². The number of aromatic nitrogens is 2. The van der Waals surface area contributed by atoms with Crippen molar-refractivity contribution in [3.05, 3.63) is 36.2 Å². The first-order chi connectivity index (χ1) is 5.79. The van der Waals surface area contributed by atoms with E-state index in [1.165, 1.54) is 0 Å². The Morgan fingerprint density at radius 1 is 1.42 bits per heavy atom. The van der Waals surface area contributed by atoms with Crippen LogP contribution in [0.2, 0.25) is 0 Å². The third-order valence-corrected chi connectivity index (χ3v) is 1.92. The minimum absolute atomic E-state index is 0.0219. The molecule has 0 spiro atoms. The van der Waals surface area contributed by atoms with E-state index in [9.17, 15) is 0 Å². The minimum atomic E-state index is 0.0219. The lowest BCUT2D eigenvalue weighted by atomic mass is 10.2. The Bertz CT molecular complexity index is 389. The van der Waals surface area contributed by atoms with Crippen LogP contribution in [-0.2, 0) is 0 Å². The van der Waals surface area contributed by atoms with Crippen molar-refractivity contribution in [1.29, 1.82) is 0 Å². The molecule has 2 heterocycles. The smallest absolute Gasteiger partial charge is 0.0665 e. The fourth-order valence-corrected chi connectivity index (χ4v) is 1.32. The topological polar surface area (TPSA) is 43.3 Å². The highest BCUT2D eigenvalue weighted by Gasteiger charge is 2.03. The quantitative estimate of drug-likeness (QED) is 0.686. The molecule has 0 saturated heterocycles. The minimum Gasteiger partial charge on any atom is -0.323 e. The predicted octanol–water partition coefficient (Wildman–Crippen LogP) is 1.35. The molecular formula is C9H11N3. The van der Waals surface area contributed by atoms with Crippen molar-refractivity contribution >= 4 is 5.52 Å². The highest BCUT2D eigenvalue weighted by molar-refractivity contribution is 5.46. The summed E-state index contributed by atoms with van der Waals surface area (Å²) < 4.78 is 1.87. The zero-order valence-corrected chi connectivity index (χ0v) is 6.94. The average Bonchev–Trinajstić information content (AvgIpc) is 2.49. The Balaban J connectivity index is 2.73. The maximum absolute atomic E-state index is 5.78. The van der Waals surface area contributed by atoms with Gasteiger partial charge >= 0.3 is 0 Å². The molecule has 0 aromatic carbocycles. The lowest BCUT2D eigenvalue weighted by molar-refractivity contribution is 0.729. The summed E-state index contributed by atoms with van der Waals surface area (Å²) in [6.45, 7) is 1.95. The highest BCUT2D eigenvalue weighted by Crippen LogP contribution is 2.11. The molecule has 2 aromatic rings. The van der Waals surface area contributed by atoms with E-state index in [1.54, 1.807) is 6.20 Å². The van der Waals surface area contributed by atoms with Gasteiger partial charge in [0.1, 0.15) is 0 Å². The Hall–Kier alpha value is -1.35. The first-order valence-corrected chi connectivity index (χ1v) is 3.97. The Morgan fingerprint density at radius 2 is 2.25 bits per heavy atom. The van der Waals surface area contributed by atoms with Gasteiger partial charge in [-0.3, -0.25) is 0 Å². The lowest BCUT2D eigenvalue weighted by Crippen LogP contribution is -2.10. The summed E-state index contributed by atoms with van der Waals surface area (Å²) in [5, 5.41) is 4.18. The molecule has 0 radical (unpaired) electrons. The van der Waals surface area contributed by atoms with Gasteiger partial charge in [0.15, 0.2) is 0 Å². The summed E-state index contributed by atoms with van der Waals surface area (Å²) in [6.07, 6.45) is 1.78. The molecule has 0 aliphatic rings. The summed E-state index contributed by atoms with van der Waals surface area (Å²) in [5.41, 5.74) is 7.91. The first-order valence-electron chi connectivity index (χ1n) is 3.97. The van der Waals surface area contributed by atoms with Gasteiger partial charge < -0.3 is 5.73 Å². The molecule has 0 amide bonds. The molecule has 0 bridgehead atoms. The molecule has 62 valence electrons. The zero-order valence-electron chi connectivity index (χ0n) is 6.94. The second-order valence-electron chi connectivity index (χ2n) is 2.91. The third kappa shape index (κ3) is 0.987.